The lowest BCUT2D eigenvalue weighted by molar-refractivity contribution is 0.474. The number of benzene rings is 3. The predicted molar refractivity (Wildman–Crippen MR) is 116 cm³/mol. The molecule has 0 bridgehead atoms. The molecule has 0 atom stereocenters. The molecule has 3 aromatic carbocycles. The number of phenols is 3. The monoisotopic (exact) mass is 454 g/mol. The van der Waals surface area contributed by atoms with E-state index in [9.17, 15) is 13.5 Å². The maximum atomic E-state index is 11.6. The fourth-order valence-corrected chi connectivity index (χ4v) is 4.40. The lowest BCUT2D eigenvalue weighted by atomic mass is 10.1. The zero-order valence-electron chi connectivity index (χ0n) is 15.5. The fraction of sp³-hybridized carbons (Fsp3) is 0.143. The fourth-order valence-electron chi connectivity index (χ4n) is 2.42. The first kappa shape index (κ1) is 22.9. The van der Waals surface area contributed by atoms with Crippen LogP contribution in [0.5, 0.6) is 17.2 Å². The Morgan fingerprint density at radius 3 is 1.48 bits per heavy atom. The van der Waals surface area contributed by atoms with Gasteiger partial charge in [-0.05, 0) is 53.9 Å². The first-order valence-electron chi connectivity index (χ1n) is 8.63. The molecule has 0 saturated heterocycles. The molecule has 3 aromatic rings. The van der Waals surface area contributed by atoms with Crippen molar-refractivity contribution < 1.29 is 23.7 Å². The first-order chi connectivity index (χ1) is 13.6. The second kappa shape index (κ2) is 9.87. The van der Waals surface area contributed by atoms with E-state index >= 15 is 0 Å². The molecule has 0 unspecified atom stereocenters. The molecule has 0 aliphatic rings. The average molecular weight is 455 g/mol. The molecule has 0 amide bonds. The van der Waals surface area contributed by atoms with E-state index in [-0.39, 0.29) is 37.9 Å². The summed E-state index contributed by atoms with van der Waals surface area (Å²) in [4.78, 5) is 0.0390. The van der Waals surface area contributed by atoms with Crippen molar-refractivity contribution in [3.8, 4) is 28.4 Å². The number of phenolic OH excluding ortho intramolecular Hbond substituents is 3. The summed E-state index contributed by atoms with van der Waals surface area (Å²) in [7, 11) is -3.35. The summed E-state index contributed by atoms with van der Waals surface area (Å²) in [5, 5.41) is 27.4. The molecule has 0 spiro atoms. The van der Waals surface area contributed by atoms with Crippen LogP contribution >= 0.6 is 23.2 Å². The molecule has 154 valence electrons. The SMILES string of the molecule is CCCS(=O)(=O)c1cc(Cl)c(O)c(Cl)c1.Oc1ccc(-c2ccc(O)cc2)cc1. The van der Waals surface area contributed by atoms with Crippen LogP contribution in [0.1, 0.15) is 13.3 Å². The molecular formula is C21H20Cl2O5S. The van der Waals surface area contributed by atoms with Crippen molar-refractivity contribution in [3.05, 3.63) is 70.7 Å². The van der Waals surface area contributed by atoms with E-state index in [0.717, 1.165) is 11.1 Å². The summed E-state index contributed by atoms with van der Waals surface area (Å²) in [5.74, 6) is 0.249. The van der Waals surface area contributed by atoms with Gasteiger partial charge in [0.25, 0.3) is 0 Å². The van der Waals surface area contributed by atoms with E-state index in [1.807, 2.05) is 24.3 Å². The summed E-state index contributed by atoms with van der Waals surface area (Å²) in [6, 6.07) is 16.3. The number of hydrogen-bond acceptors (Lipinski definition) is 5. The average Bonchev–Trinajstić information content (AvgIpc) is 2.67. The van der Waals surface area contributed by atoms with Crippen molar-refractivity contribution in [1.29, 1.82) is 0 Å². The highest BCUT2D eigenvalue weighted by molar-refractivity contribution is 7.91. The Morgan fingerprint density at radius 1 is 0.759 bits per heavy atom. The maximum absolute atomic E-state index is 11.6. The van der Waals surface area contributed by atoms with Crippen LogP contribution in [-0.2, 0) is 9.84 Å². The van der Waals surface area contributed by atoms with Gasteiger partial charge in [-0.15, -0.1) is 0 Å². The summed E-state index contributed by atoms with van der Waals surface area (Å²) in [6.07, 6.45) is 0.512. The highest BCUT2D eigenvalue weighted by atomic mass is 35.5. The van der Waals surface area contributed by atoms with Gasteiger partial charge >= 0.3 is 0 Å². The summed E-state index contributed by atoms with van der Waals surface area (Å²) in [6.45, 7) is 1.77. The van der Waals surface area contributed by atoms with Gasteiger partial charge in [0.05, 0.1) is 20.7 Å². The van der Waals surface area contributed by atoms with Crippen LogP contribution in [0.15, 0.2) is 65.6 Å². The smallest absolute Gasteiger partial charge is 0.178 e. The summed E-state index contributed by atoms with van der Waals surface area (Å²) in [5.41, 5.74) is 2.03. The number of sulfone groups is 1. The van der Waals surface area contributed by atoms with Gasteiger partial charge in [-0.1, -0.05) is 54.4 Å². The van der Waals surface area contributed by atoms with Gasteiger partial charge in [0.1, 0.15) is 11.5 Å². The molecule has 0 heterocycles. The minimum absolute atomic E-state index is 0.0322. The van der Waals surface area contributed by atoms with Crippen molar-refractivity contribution in [1.82, 2.24) is 0 Å². The van der Waals surface area contributed by atoms with Crippen LogP contribution in [0.2, 0.25) is 10.0 Å². The maximum Gasteiger partial charge on any atom is 0.178 e. The molecule has 0 aliphatic carbocycles. The lowest BCUT2D eigenvalue weighted by Gasteiger charge is -2.06. The quantitative estimate of drug-likeness (QED) is 0.473. The summed E-state index contributed by atoms with van der Waals surface area (Å²) >= 11 is 11.3. The molecule has 0 saturated carbocycles. The number of halogens is 2. The van der Waals surface area contributed by atoms with Gasteiger partial charge in [-0.25, -0.2) is 8.42 Å². The van der Waals surface area contributed by atoms with E-state index in [2.05, 4.69) is 0 Å². The van der Waals surface area contributed by atoms with Gasteiger partial charge in [0, 0.05) is 0 Å². The molecule has 0 radical (unpaired) electrons. The standard InChI is InChI=1S/C12H10O2.C9H10Cl2O3S/c13-11-5-1-9(2-6-11)10-3-7-12(14)8-4-10;1-2-3-15(13,14)6-4-7(10)9(12)8(11)5-6/h1-8,13-14H;4-5,12H,2-3H2,1H3. The van der Waals surface area contributed by atoms with E-state index in [1.165, 1.54) is 12.1 Å². The first-order valence-corrected chi connectivity index (χ1v) is 11.0. The summed E-state index contributed by atoms with van der Waals surface area (Å²) < 4.78 is 23.3. The van der Waals surface area contributed by atoms with Gasteiger partial charge in [0.15, 0.2) is 15.6 Å². The van der Waals surface area contributed by atoms with E-state index in [1.54, 1.807) is 31.2 Å². The van der Waals surface area contributed by atoms with E-state index < -0.39 is 9.84 Å². The highest BCUT2D eigenvalue weighted by Gasteiger charge is 2.17. The molecule has 3 N–H and O–H groups in total. The Bertz CT molecular complexity index is 997. The van der Waals surface area contributed by atoms with Crippen molar-refractivity contribution in [3.63, 3.8) is 0 Å². The van der Waals surface area contributed by atoms with Gasteiger partial charge in [-0.2, -0.15) is 0 Å². The van der Waals surface area contributed by atoms with E-state index in [0.29, 0.717) is 6.42 Å². The van der Waals surface area contributed by atoms with Gasteiger partial charge in [-0.3, -0.25) is 0 Å². The third-order valence-electron chi connectivity index (χ3n) is 3.89. The minimum Gasteiger partial charge on any atom is -0.508 e. The minimum atomic E-state index is -3.35. The van der Waals surface area contributed by atoms with Crippen LogP contribution in [0.3, 0.4) is 0 Å². The molecule has 0 aliphatic heterocycles. The number of rotatable bonds is 4. The van der Waals surface area contributed by atoms with E-state index in [4.69, 9.17) is 33.4 Å². The second-order valence-corrected chi connectivity index (χ2v) is 9.07. The molecular weight excluding hydrogens is 435 g/mol. The Kier molecular flexibility index (Phi) is 7.79. The second-order valence-electron chi connectivity index (χ2n) is 6.15. The number of hydrogen-bond donors (Lipinski definition) is 3. The Hall–Kier alpha value is -2.41. The molecule has 29 heavy (non-hydrogen) atoms. The molecule has 3 rings (SSSR count). The highest BCUT2D eigenvalue weighted by Crippen LogP contribution is 2.34. The van der Waals surface area contributed by atoms with Crippen LogP contribution in [0, 0.1) is 0 Å². The van der Waals surface area contributed by atoms with Crippen molar-refractivity contribution in [2.45, 2.75) is 18.2 Å². The van der Waals surface area contributed by atoms with Crippen LogP contribution in [0.25, 0.3) is 11.1 Å². The molecule has 8 heteroatoms. The molecule has 0 fully saturated rings. The molecule has 5 nitrogen and oxygen atoms in total. The zero-order chi connectivity index (χ0) is 21.6. The largest absolute Gasteiger partial charge is 0.508 e. The van der Waals surface area contributed by atoms with Crippen molar-refractivity contribution >= 4 is 33.0 Å². The normalized spacial score (nSPS) is 10.9. The Labute approximate surface area is 179 Å². The van der Waals surface area contributed by atoms with Crippen LogP contribution in [-0.4, -0.2) is 29.5 Å². The van der Waals surface area contributed by atoms with Gasteiger partial charge in [0.2, 0.25) is 0 Å². The molecule has 0 aromatic heterocycles. The van der Waals surface area contributed by atoms with Crippen LogP contribution in [0.4, 0.5) is 0 Å². The predicted octanol–water partition coefficient (Wildman–Crippen LogP) is 5.65. The van der Waals surface area contributed by atoms with Crippen molar-refractivity contribution in [2.24, 2.45) is 0 Å². The van der Waals surface area contributed by atoms with Crippen LogP contribution < -0.4 is 0 Å². The third-order valence-corrected chi connectivity index (χ3v) is 6.37. The zero-order valence-corrected chi connectivity index (χ0v) is 17.8. The van der Waals surface area contributed by atoms with Gasteiger partial charge < -0.3 is 15.3 Å². The topological polar surface area (TPSA) is 94.8 Å². The third kappa shape index (κ3) is 6.29. The Morgan fingerprint density at radius 2 is 1.14 bits per heavy atom. The van der Waals surface area contributed by atoms with Crippen molar-refractivity contribution in [2.75, 3.05) is 5.75 Å². The number of aromatic hydroxyl groups is 3. The Balaban J connectivity index is 0.000000207. The lowest BCUT2D eigenvalue weighted by Crippen LogP contribution is -2.05.